The third-order valence-electron chi connectivity index (χ3n) is 5.03. The van der Waals surface area contributed by atoms with Gasteiger partial charge in [0.1, 0.15) is 0 Å². The fourth-order valence-corrected chi connectivity index (χ4v) is 3.39. The molecule has 0 bridgehead atoms. The molecule has 0 saturated heterocycles. The Morgan fingerprint density at radius 1 is 0.826 bits per heavy atom. The standard InChI is InChI=1S/C20H29NO2/c1-7-14(8-2)11-21-19(22)17-15(12(3)4)9-10-16(13(5)6)18(17)20(21)23/h9-10,12-14H,7-8,11H2,1-6H3. The van der Waals surface area contributed by atoms with Crippen molar-refractivity contribution in [2.24, 2.45) is 5.92 Å². The second-order valence-electron chi connectivity index (χ2n) is 7.21. The molecule has 1 heterocycles. The van der Waals surface area contributed by atoms with Gasteiger partial charge in [0.15, 0.2) is 0 Å². The van der Waals surface area contributed by atoms with Crippen LogP contribution in [0.3, 0.4) is 0 Å². The van der Waals surface area contributed by atoms with Crippen molar-refractivity contribution in [3.8, 4) is 0 Å². The summed E-state index contributed by atoms with van der Waals surface area (Å²) in [4.78, 5) is 27.4. The zero-order valence-electron chi connectivity index (χ0n) is 15.3. The molecular formula is C20H29NO2. The van der Waals surface area contributed by atoms with Crippen LogP contribution in [0.15, 0.2) is 12.1 Å². The van der Waals surface area contributed by atoms with Crippen LogP contribution in [0.25, 0.3) is 0 Å². The van der Waals surface area contributed by atoms with Gasteiger partial charge in [-0.1, -0.05) is 66.5 Å². The maximum atomic E-state index is 13.0. The van der Waals surface area contributed by atoms with E-state index in [4.69, 9.17) is 0 Å². The van der Waals surface area contributed by atoms with Gasteiger partial charge in [-0.15, -0.1) is 0 Å². The first-order valence-corrected chi connectivity index (χ1v) is 8.86. The summed E-state index contributed by atoms with van der Waals surface area (Å²) >= 11 is 0. The summed E-state index contributed by atoms with van der Waals surface area (Å²) in [5.74, 6) is 0.651. The van der Waals surface area contributed by atoms with Crippen LogP contribution in [-0.2, 0) is 0 Å². The van der Waals surface area contributed by atoms with E-state index in [0.29, 0.717) is 23.6 Å². The van der Waals surface area contributed by atoms with Crippen molar-refractivity contribution >= 4 is 11.8 Å². The molecule has 0 radical (unpaired) electrons. The minimum atomic E-state index is -0.0944. The van der Waals surface area contributed by atoms with E-state index < -0.39 is 0 Å². The van der Waals surface area contributed by atoms with Gasteiger partial charge in [-0.05, 0) is 28.9 Å². The van der Waals surface area contributed by atoms with Crippen LogP contribution in [0.5, 0.6) is 0 Å². The van der Waals surface area contributed by atoms with Gasteiger partial charge in [0, 0.05) is 6.54 Å². The second-order valence-corrected chi connectivity index (χ2v) is 7.21. The molecule has 3 heteroatoms. The SMILES string of the molecule is CCC(CC)CN1C(=O)c2c(C(C)C)ccc(C(C)C)c2C1=O. The normalized spacial score (nSPS) is 14.6. The number of imide groups is 1. The number of benzene rings is 1. The van der Waals surface area contributed by atoms with Crippen LogP contribution in [-0.4, -0.2) is 23.3 Å². The second kappa shape index (κ2) is 6.86. The molecule has 126 valence electrons. The highest BCUT2D eigenvalue weighted by molar-refractivity contribution is 6.22. The molecular weight excluding hydrogens is 286 g/mol. The predicted octanol–water partition coefficient (Wildman–Crippen LogP) is 4.97. The lowest BCUT2D eigenvalue weighted by Crippen LogP contribution is -2.34. The maximum absolute atomic E-state index is 13.0. The lowest BCUT2D eigenvalue weighted by atomic mass is 9.88. The molecule has 0 aromatic heterocycles. The number of nitrogens with zero attached hydrogens (tertiary/aromatic N) is 1. The van der Waals surface area contributed by atoms with Crippen LogP contribution >= 0.6 is 0 Å². The van der Waals surface area contributed by atoms with Crippen LogP contribution in [0.2, 0.25) is 0 Å². The molecule has 0 fully saturated rings. The fraction of sp³-hybridized carbons (Fsp3) is 0.600. The van der Waals surface area contributed by atoms with Crippen molar-refractivity contribution in [2.75, 3.05) is 6.54 Å². The van der Waals surface area contributed by atoms with Gasteiger partial charge in [0.05, 0.1) is 11.1 Å². The van der Waals surface area contributed by atoms with Gasteiger partial charge in [-0.3, -0.25) is 14.5 Å². The summed E-state index contributed by atoms with van der Waals surface area (Å²) in [6.45, 7) is 13.1. The van der Waals surface area contributed by atoms with E-state index in [1.807, 2.05) is 12.1 Å². The van der Waals surface area contributed by atoms with Crippen molar-refractivity contribution in [3.63, 3.8) is 0 Å². The van der Waals surface area contributed by atoms with Crippen LogP contribution in [0.1, 0.15) is 98.1 Å². The highest BCUT2D eigenvalue weighted by Gasteiger charge is 2.40. The Kier molecular flexibility index (Phi) is 5.28. The van der Waals surface area contributed by atoms with Gasteiger partial charge in [-0.2, -0.15) is 0 Å². The highest BCUT2D eigenvalue weighted by Crippen LogP contribution is 2.36. The summed E-state index contributed by atoms with van der Waals surface area (Å²) in [6, 6.07) is 4.06. The molecule has 0 aliphatic carbocycles. The Morgan fingerprint density at radius 3 is 1.52 bits per heavy atom. The van der Waals surface area contributed by atoms with E-state index in [-0.39, 0.29) is 23.7 Å². The summed E-state index contributed by atoms with van der Waals surface area (Å²) in [7, 11) is 0. The van der Waals surface area contributed by atoms with Crippen molar-refractivity contribution in [1.29, 1.82) is 0 Å². The molecule has 2 rings (SSSR count). The van der Waals surface area contributed by atoms with E-state index in [2.05, 4.69) is 41.5 Å². The van der Waals surface area contributed by atoms with E-state index in [1.165, 1.54) is 4.90 Å². The van der Waals surface area contributed by atoms with Crippen LogP contribution in [0.4, 0.5) is 0 Å². The zero-order chi connectivity index (χ0) is 17.3. The number of rotatable bonds is 6. The third-order valence-corrected chi connectivity index (χ3v) is 5.03. The molecule has 0 unspecified atom stereocenters. The largest absolute Gasteiger partial charge is 0.274 e. The molecule has 1 aliphatic heterocycles. The molecule has 1 aromatic rings. The van der Waals surface area contributed by atoms with Crippen molar-refractivity contribution < 1.29 is 9.59 Å². The predicted molar refractivity (Wildman–Crippen MR) is 94.1 cm³/mol. The molecule has 2 amide bonds. The zero-order valence-corrected chi connectivity index (χ0v) is 15.3. The third kappa shape index (κ3) is 3.06. The maximum Gasteiger partial charge on any atom is 0.261 e. The average Bonchev–Trinajstić information content (AvgIpc) is 2.76. The van der Waals surface area contributed by atoms with Gasteiger partial charge < -0.3 is 0 Å². The molecule has 0 saturated carbocycles. The Balaban J connectivity index is 2.55. The molecule has 3 nitrogen and oxygen atoms in total. The van der Waals surface area contributed by atoms with Crippen molar-refractivity contribution in [3.05, 3.63) is 34.4 Å². The first-order valence-electron chi connectivity index (χ1n) is 8.86. The van der Waals surface area contributed by atoms with Crippen molar-refractivity contribution in [1.82, 2.24) is 4.90 Å². The number of fused-ring (bicyclic) bond motifs is 1. The van der Waals surface area contributed by atoms with Gasteiger partial charge in [0.2, 0.25) is 0 Å². The number of hydrogen-bond acceptors (Lipinski definition) is 2. The molecule has 0 atom stereocenters. The molecule has 0 spiro atoms. The minimum absolute atomic E-state index is 0.0944. The minimum Gasteiger partial charge on any atom is -0.274 e. The van der Waals surface area contributed by atoms with Gasteiger partial charge >= 0.3 is 0 Å². The lowest BCUT2D eigenvalue weighted by Gasteiger charge is -2.20. The van der Waals surface area contributed by atoms with Crippen LogP contribution < -0.4 is 0 Å². The van der Waals surface area contributed by atoms with Gasteiger partial charge in [-0.25, -0.2) is 0 Å². The number of hydrogen-bond donors (Lipinski definition) is 0. The summed E-state index contributed by atoms with van der Waals surface area (Å²) in [5.41, 5.74) is 3.30. The Labute approximate surface area is 140 Å². The van der Waals surface area contributed by atoms with E-state index in [9.17, 15) is 9.59 Å². The molecule has 0 N–H and O–H groups in total. The molecule has 1 aromatic carbocycles. The van der Waals surface area contributed by atoms with E-state index >= 15 is 0 Å². The Bertz CT molecular complexity index is 565. The van der Waals surface area contributed by atoms with E-state index in [1.54, 1.807) is 0 Å². The average molecular weight is 315 g/mol. The monoisotopic (exact) mass is 315 g/mol. The summed E-state index contributed by atoms with van der Waals surface area (Å²) < 4.78 is 0. The van der Waals surface area contributed by atoms with Crippen molar-refractivity contribution in [2.45, 2.75) is 66.2 Å². The smallest absolute Gasteiger partial charge is 0.261 e. The van der Waals surface area contributed by atoms with Gasteiger partial charge in [0.25, 0.3) is 11.8 Å². The first kappa shape index (κ1) is 17.7. The molecule has 23 heavy (non-hydrogen) atoms. The number of carbonyl (C=O) groups excluding carboxylic acids is 2. The summed E-state index contributed by atoms with van der Waals surface area (Å²) in [6.07, 6.45) is 1.97. The van der Waals surface area contributed by atoms with E-state index in [0.717, 1.165) is 24.0 Å². The lowest BCUT2D eigenvalue weighted by molar-refractivity contribution is 0.0625. The first-order chi connectivity index (χ1) is 10.8. The van der Waals surface area contributed by atoms with Crippen LogP contribution in [0, 0.1) is 5.92 Å². The highest BCUT2D eigenvalue weighted by atomic mass is 16.2. The number of amides is 2. The summed E-state index contributed by atoms with van der Waals surface area (Å²) in [5, 5.41) is 0. The quantitative estimate of drug-likeness (QED) is 0.695. The molecule has 1 aliphatic rings. The topological polar surface area (TPSA) is 37.4 Å². The number of carbonyl (C=O) groups is 2. The fourth-order valence-electron chi connectivity index (χ4n) is 3.39. The Hall–Kier alpha value is -1.64. The Morgan fingerprint density at radius 2 is 1.22 bits per heavy atom.